The highest BCUT2D eigenvalue weighted by Gasteiger charge is 2.28. The highest BCUT2D eigenvalue weighted by Crippen LogP contribution is 2.22. The topological polar surface area (TPSA) is 83.9 Å². The van der Waals surface area contributed by atoms with Crippen LogP contribution in [0.5, 0.6) is 0 Å². The van der Waals surface area contributed by atoms with Crippen molar-refractivity contribution in [2.24, 2.45) is 5.92 Å². The van der Waals surface area contributed by atoms with Gasteiger partial charge in [0.2, 0.25) is 10.0 Å². The molecule has 1 N–H and O–H groups in total. The quantitative estimate of drug-likeness (QED) is 0.815. The number of benzene rings is 1. The Hall–Kier alpha value is -1.44. The van der Waals surface area contributed by atoms with Crippen molar-refractivity contribution in [2.75, 3.05) is 26.3 Å². The van der Waals surface area contributed by atoms with Crippen molar-refractivity contribution < 1.29 is 23.1 Å². The van der Waals surface area contributed by atoms with Gasteiger partial charge in [-0.3, -0.25) is 0 Å². The van der Waals surface area contributed by atoms with E-state index in [0.717, 1.165) is 11.1 Å². The largest absolute Gasteiger partial charge is 0.480 e. The van der Waals surface area contributed by atoms with Gasteiger partial charge in [0.05, 0.1) is 12.4 Å². The van der Waals surface area contributed by atoms with E-state index in [-0.39, 0.29) is 18.3 Å². The Kier molecular flexibility index (Phi) is 6.15. The molecule has 0 amide bonds. The maximum absolute atomic E-state index is 12.5. The molecule has 0 bridgehead atoms. The fourth-order valence-corrected chi connectivity index (χ4v) is 4.32. The number of ether oxygens (including phenoxy) is 1. The Morgan fingerprint density at radius 3 is 2.65 bits per heavy atom. The molecule has 2 rings (SSSR count). The summed E-state index contributed by atoms with van der Waals surface area (Å²) in [5.74, 6) is -0.738. The number of hydrogen-bond acceptors (Lipinski definition) is 4. The standard InChI is InChI=1S/C16H23NO5S/c1-13-3-2-4-15(9-13)12-23(20,21)17-7-5-14(6-8-17)10-22-11-16(18)19/h2-4,9,14H,5-8,10-12H2,1H3,(H,18,19). The van der Waals surface area contributed by atoms with Crippen LogP contribution in [-0.4, -0.2) is 50.1 Å². The number of aryl methyl sites for hydroxylation is 1. The molecule has 128 valence electrons. The molecule has 0 radical (unpaired) electrons. The van der Waals surface area contributed by atoms with E-state index in [9.17, 15) is 13.2 Å². The first-order valence-electron chi connectivity index (χ1n) is 7.70. The molecule has 1 aromatic rings. The molecule has 1 aliphatic heterocycles. The zero-order valence-electron chi connectivity index (χ0n) is 13.3. The number of carboxylic acid groups (broad SMARTS) is 1. The van der Waals surface area contributed by atoms with Gasteiger partial charge < -0.3 is 9.84 Å². The molecule has 23 heavy (non-hydrogen) atoms. The highest BCUT2D eigenvalue weighted by atomic mass is 32.2. The summed E-state index contributed by atoms with van der Waals surface area (Å²) in [6.45, 7) is 2.95. The van der Waals surface area contributed by atoms with Crippen molar-refractivity contribution in [3.63, 3.8) is 0 Å². The van der Waals surface area contributed by atoms with Crippen LogP contribution in [-0.2, 0) is 25.3 Å². The molecule has 0 unspecified atom stereocenters. The van der Waals surface area contributed by atoms with Gasteiger partial charge in [0.15, 0.2) is 0 Å². The normalized spacial score (nSPS) is 17.3. The van der Waals surface area contributed by atoms with E-state index in [2.05, 4.69) is 0 Å². The van der Waals surface area contributed by atoms with Crippen LogP contribution in [0.2, 0.25) is 0 Å². The average Bonchev–Trinajstić information content (AvgIpc) is 2.47. The highest BCUT2D eigenvalue weighted by molar-refractivity contribution is 7.88. The molecule has 7 heteroatoms. The van der Waals surface area contributed by atoms with Crippen LogP contribution in [0.4, 0.5) is 0 Å². The van der Waals surface area contributed by atoms with Gasteiger partial charge in [-0.2, -0.15) is 0 Å². The lowest BCUT2D eigenvalue weighted by molar-refractivity contribution is -0.142. The summed E-state index contributed by atoms with van der Waals surface area (Å²) in [6.07, 6.45) is 1.40. The second-order valence-electron chi connectivity index (χ2n) is 6.00. The third-order valence-corrected chi connectivity index (χ3v) is 5.83. The number of aliphatic carboxylic acids is 1. The summed E-state index contributed by atoms with van der Waals surface area (Å²) in [7, 11) is -3.31. The second kappa shape index (κ2) is 7.90. The molecule has 0 saturated carbocycles. The SMILES string of the molecule is Cc1cccc(CS(=O)(=O)N2CCC(COCC(=O)O)CC2)c1. The van der Waals surface area contributed by atoms with E-state index in [4.69, 9.17) is 9.84 Å². The number of carboxylic acids is 1. The molecular weight excluding hydrogens is 318 g/mol. The van der Waals surface area contributed by atoms with Crippen molar-refractivity contribution >= 4 is 16.0 Å². The molecule has 1 saturated heterocycles. The van der Waals surface area contributed by atoms with Crippen molar-refractivity contribution in [3.8, 4) is 0 Å². The molecule has 0 aromatic heterocycles. The van der Waals surface area contributed by atoms with Crippen LogP contribution in [0.15, 0.2) is 24.3 Å². The van der Waals surface area contributed by atoms with Gasteiger partial charge in [-0.05, 0) is 31.2 Å². The van der Waals surface area contributed by atoms with E-state index >= 15 is 0 Å². The van der Waals surface area contributed by atoms with E-state index in [0.29, 0.717) is 32.5 Å². The van der Waals surface area contributed by atoms with Crippen LogP contribution >= 0.6 is 0 Å². The molecule has 0 spiro atoms. The van der Waals surface area contributed by atoms with Crippen LogP contribution in [0.1, 0.15) is 24.0 Å². The van der Waals surface area contributed by atoms with Crippen molar-refractivity contribution in [1.29, 1.82) is 0 Å². The molecule has 0 aliphatic carbocycles. The van der Waals surface area contributed by atoms with Crippen molar-refractivity contribution in [3.05, 3.63) is 35.4 Å². The molecule has 1 fully saturated rings. The molecule has 6 nitrogen and oxygen atoms in total. The summed E-state index contributed by atoms with van der Waals surface area (Å²) in [5.41, 5.74) is 1.85. The van der Waals surface area contributed by atoms with Gasteiger partial charge >= 0.3 is 5.97 Å². The number of nitrogens with zero attached hydrogens (tertiary/aromatic N) is 1. The minimum absolute atomic E-state index is 0.0227. The minimum Gasteiger partial charge on any atom is -0.480 e. The average molecular weight is 341 g/mol. The smallest absolute Gasteiger partial charge is 0.329 e. The lowest BCUT2D eigenvalue weighted by Gasteiger charge is -2.31. The molecular formula is C16H23NO5S. The van der Waals surface area contributed by atoms with Gasteiger partial charge in [-0.25, -0.2) is 17.5 Å². The van der Waals surface area contributed by atoms with Gasteiger partial charge in [0.25, 0.3) is 0 Å². The third kappa shape index (κ3) is 5.60. The second-order valence-corrected chi connectivity index (χ2v) is 7.97. The first-order chi connectivity index (χ1) is 10.9. The maximum atomic E-state index is 12.5. The molecule has 1 aromatic carbocycles. The Labute approximate surface area is 137 Å². The van der Waals surface area contributed by atoms with Gasteiger partial charge in [-0.15, -0.1) is 0 Å². The van der Waals surface area contributed by atoms with Crippen LogP contribution in [0.3, 0.4) is 0 Å². The van der Waals surface area contributed by atoms with Crippen LogP contribution in [0, 0.1) is 12.8 Å². The number of hydrogen-bond donors (Lipinski definition) is 1. The Balaban J connectivity index is 1.85. The Morgan fingerprint density at radius 2 is 2.04 bits per heavy atom. The lowest BCUT2D eigenvalue weighted by Crippen LogP contribution is -2.40. The Morgan fingerprint density at radius 1 is 1.35 bits per heavy atom. The van der Waals surface area contributed by atoms with E-state index in [1.165, 1.54) is 4.31 Å². The predicted molar refractivity (Wildman–Crippen MR) is 86.6 cm³/mol. The number of carbonyl (C=O) groups is 1. The first-order valence-corrected chi connectivity index (χ1v) is 9.30. The number of rotatable bonds is 7. The summed E-state index contributed by atoms with van der Waals surface area (Å²) >= 11 is 0. The monoisotopic (exact) mass is 341 g/mol. The van der Waals surface area contributed by atoms with E-state index in [1.54, 1.807) is 0 Å². The van der Waals surface area contributed by atoms with E-state index in [1.807, 2.05) is 31.2 Å². The third-order valence-electron chi connectivity index (χ3n) is 3.98. The molecule has 0 atom stereocenters. The fourth-order valence-electron chi connectivity index (χ4n) is 2.77. The summed E-state index contributed by atoms with van der Waals surface area (Å²) in [4.78, 5) is 10.4. The van der Waals surface area contributed by atoms with Crippen molar-refractivity contribution in [1.82, 2.24) is 4.31 Å². The van der Waals surface area contributed by atoms with Crippen LogP contribution in [0.25, 0.3) is 0 Å². The number of piperidine rings is 1. The zero-order chi connectivity index (χ0) is 16.9. The van der Waals surface area contributed by atoms with Gasteiger partial charge in [0.1, 0.15) is 6.61 Å². The first kappa shape index (κ1) is 17.9. The summed E-state index contributed by atoms with van der Waals surface area (Å²) in [6, 6.07) is 7.53. The number of sulfonamides is 1. The fraction of sp³-hybridized carbons (Fsp3) is 0.562. The van der Waals surface area contributed by atoms with Crippen LogP contribution < -0.4 is 0 Å². The molecule has 1 aliphatic rings. The van der Waals surface area contributed by atoms with E-state index < -0.39 is 16.0 Å². The predicted octanol–water partition coefficient (Wildman–Crippen LogP) is 1.64. The summed E-state index contributed by atoms with van der Waals surface area (Å²) in [5, 5.41) is 8.54. The van der Waals surface area contributed by atoms with Crippen molar-refractivity contribution in [2.45, 2.75) is 25.5 Å². The zero-order valence-corrected chi connectivity index (χ0v) is 14.1. The maximum Gasteiger partial charge on any atom is 0.329 e. The Bertz CT molecular complexity index is 636. The van der Waals surface area contributed by atoms with Gasteiger partial charge in [-0.1, -0.05) is 29.8 Å². The summed E-state index contributed by atoms with van der Waals surface area (Å²) < 4.78 is 31.6. The van der Waals surface area contributed by atoms with Gasteiger partial charge in [0, 0.05) is 13.1 Å². The molecule has 1 heterocycles. The lowest BCUT2D eigenvalue weighted by atomic mass is 9.99. The minimum atomic E-state index is -3.31.